The molecule has 3 atom stereocenters. The summed E-state index contributed by atoms with van der Waals surface area (Å²) in [5.41, 5.74) is -1.10. The molecule has 0 bridgehead atoms. The van der Waals surface area contributed by atoms with Gasteiger partial charge in [0.15, 0.2) is 0 Å². The highest BCUT2D eigenvalue weighted by Crippen LogP contribution is 2.40. The Morgan fingerprint density at radius 1 is 1.21 bits per heavy atom. The molecular weight excluding hydrogens is 511 g/mol. The van der Waals surface area contributed by atoms with E-state index >= 15 is 0 Å². The smallest absolute Gasteiger partial charge is 0.407 e. The number of carboxylic acid groups (broad SMARTS) is 1. The van der Waals surface area contributed by atoms with E-state index in [9.17, 15) is 24.2 Å². The fraction of sp³-hybridized carbons (Fsp3) is 0.714. The Kier molecular flexibility index (Phi) is 11.5. The number of amides is 3. The number of nitrogens with zero attached hydrogens (tertiary/aromatic N) is 2. The summed E-state index contributed by atoms with van der Waals surface area (Å²) in [6, 6.07) is 3.94. The fourth-order valence-electron chi connectivity index (χ4n) is 6.15. The number of hydrogen-bond acceptors (Lipinski definition) is 4. The van der Waals surface area contributed by atoms with Gasteiger partial charge in [-0.1, -0.05) is 43.7 Å². The van der Waals surface area contributed by atoms with Crippen LogP contribution in [0, 0.1) is 17.7 Å². The Balaban J connectivity index is 1.73. The third-order valence-electron chi connectivity index (χ3n) is 8.25. The molecule has 0 spiro atoms. The van der Waals surface area contributed by atoms with Crippen LogP contribution in [0.5, 0.6) is 0 Å². The third-order valence-corrected chi connectivity index (χ3v) is 8.46. The van der Waals surface area contributed by atoms with Gasteiger partial charge in [0.1, 0.15) is 5.82 Å². The molecule has 3 amide bonds. The Labute approximate surface area is 230 Å². The zero-order chi connectivity index (χ0) is 27.7. The molecule has 38 heavy (non-hydrogen) atoms. The minimum Gasteiger partial charge on any atom is -0.465 e. The minimum atomic E-state index is -1.46. The molecule has 1 aliphatic heterocycles. The van der Waals surface area contributed by atoms with Crippen LogP contribution < -0.4 is 10.6 Å². The minimum absolute atomic E-state index is 0.0310. The molecule has 0 unspecified atom stereocenters. The van der Waals surface area contributed by atoms with Crippen molar-refractivity contribution in [3.05, 3.63) is 34.6 Å². The summed E-state index contributed by atoms with van der Waals surface area (Å²) in [6.07, 6.45) is 8.08. The van der Waals surface area contributed by atoms with Gasteiger partial charge in [-0.05, 0) is 68.8 Å². The molecule has 3 rings (SSSR count). The molecule has 2 fully saturated rings. The van der Waals surface area contributed by atoms with Crippen LogP contribution in [-0.4, -0.2) is 78.5 Å². The van der Waals surface area contributed by atoms with Crippen LogP contribution >= 0.6 is 11.6 Å². The molecular formula is C28H44ClFN4O4. The van der Waals surface area contributed by atoms with Crippen molar-refractivity contribution in [3.63, 3.8) is 0 Å². The molecule has 0 radical (unpaired) electrons. The summed E-state index contributed by atoms with van der Waals surface area (Å²) >= 11 is 6.15. The summed E-state index contributed by atoms with van der Waals surface area (Å²) in [5.74, 6) is -0.268. The first kappa shape index (κ1) is 30.4. The summed E-state index contributed by atoms with van der Waals surface area (Å²) in [6.45, 7) is 1.83. The predicted molar refractivity (Wildman–Crippen MR) is 147 cm³/mol. The number of likely N-dealkylation sites (tertiary alicyclic amines) is 1. The van der Waals surface area contributed by atoms with Gasteiger partial charge in [0, 0.05) is 50.2 Å². The number of benzene rings is 1. The van der Waals surface area contributed by atoms with Gasteiger partial charge >= 0.3 is 12.1 Å². The summed E-state index contributed by atoms with van der Waals surface area (Å²) in [5, 5.41) is 27.8. The molecule has 1 aromatic rings. The Morgan fingerprint density at radius 3 is 2.61 bits per heavy atom. The molecule has 8 nitrogen and oxygen atoms in total. The number of piperidine rings is 1. The molecule has 10 heteroatoms. The van der Waals surface area contributed by atoms with Crippen molar-refractivity contribution in [2.45, 2.75) is 75.9 Å². The van der Waals surface area contributed by atoms with Gasteiger partial charge in [-0.15, -0.1) is 0 Å². The summed E-state index contributed by atoms with van der Waals surface area (Å²) in [4.78, 5) is 27.5. The molecule has 1 saturated carbocycles. The second kappa shape index (κ2) is 14.3. The van der Waals surface area contributed by atoms with Crippen LogP contribution in [0.2, 0.25) is 5.02 Å². The number of halogens is 2. The van der Waals surface area contributed by atoms with Crippen LogP contribution in [0.25, 0.3) is 0 Å². The van der Waals surface area contributed by atoms with Crippen molar-refractivity contribution >= 4 is 23.7 Å². The fourth-order valence-corrected chi connectivity index (χ4v) is 6.37. The van der Waals surface area contributed by atoms with Gasteiger partial charge in [-0.2, -0.15) is 0 Å². The number of rotatable bonds is 11. The number of nitrogens with one attached hydrogen (secondary N) is 2. The number of likely N-dealkylation sites (N-methyl/N-ethyl adjacent to an activating group) is 1. The van der Waals surface area contributed by atoms with Crippen LogP contribution in [0.3, 0.4) is 0 Å². The number of hydrogen-bond donors (Lipinski definition) is 4. The predicted octanol–water partition coefficient (Wildman–Crippen LogP) is 5.04. The van der Waals surface area contributed by atoms with Crippen molar-refractivity contribution in [2.24, 2.45) is 11.8 Å². The molecule has 1 aliphatic carbocycles. The maximum absolute atomic E-state index is 14.3. The topological polar surface area (TPSA) is 105 Å². The first-order valence-corrected chi connectivity index (χ1v) is 14.3. The van der Waals surface area contributed by atoms with Gasteiger partial charge in [0.2, 0.25) is 0 Å². The first-order chi connectivity index (χ1) is 18.1. The molecule has 1 saturated heterocycles. The van der Waals surface area contributed by atoms with Crippen LogP contribution in [0.4, 0.5) is 14.0 Å². The molecule has 1 aromatic carbocycles. The standard InChI is InChI=1S/C28H44ClFN4O4/c1-31-18-25(14-20-8-4-3-5-9-20)32-26(35)34-13-6-10-21(19-34)28(38,11-7-12-33(2)27(36)37)22-15-23(29)17-24(30)16-22/h15-17,20-21,25,31,38H,3-14,18-19H2,1-2H3,(H,32,35)(H,36,37)/t21-,25+,28+/m1/s1. The van der Waals surface area contributed by atoms with E-state index in [1.165, 1.54) is 51.3 Å². The first-order valence-electron chi connectivity index (χ1n) is 14.0. The monoisotopic (exact) mass is 554 g/mol. The van der Waals surface area contributed by atoms with E-state index in [1.54, 1.807) is 11.0 Å². The van der Waals surface area contributed by atoms with Gasteiger partial charge in [0.05, 0.1) is 5.60 Å². The van der Waals surface area contributed by atoms with E-state index in [0.717, 1.165) is 11.3 Å². The van der Waals surface area contributed by atoms with Gasteiger partial charge in [-0.3, -0.25) is 0 Å². The van der Waals surface area contributed by atoms with E-state index in [4.69, 9.17) is 11.6 Å². The van der Waals surface area contributed by atoms with Crippen LogP contribution in [0.1, 0.15) is 69.8 Å². The lowest BCUT2D eigenvalue weighted by Gasteiger charge is -2.43. The van der Waals surface area contributed by atoms with Gasteiger partial charge in [0.25, 0.3) is 0 Å². The molecule has 4 N–H and O–H groups in total. The largest absolute Gasteiger partial charge is 0.465 e. The average molecular weight is 555 g/mol. The highest BCUT2D eigenvalue weighted by molar-refractivity contribution is 6.30. The quantitative estimate of drug-likeness (QED) is 0.307. The lowest BCUT2D eigenvalue weighted by Crippen LogP contribution is -2.54. The lowest BCUT2D eigenvalue weighted by atomic mass is 9.74. The van der Waals surface area contributed by atoms with Crippen molar-refractivity contribution in [2.75, 3.05) is 40.3 Å². The maximum atomic E-state index is 14.3. The van der Waals surface area contributed by atoms with Crippen molar-refractivity contribution < 1.29 is 24.2 Å². The molecule has 0 aromatic heterocycles. The van der Waals surface area contributed by atoms with Crippen LogP contribution in [-0.2, 0) is 5.60 Å². The zero-order valence-electron chi connectivity index (χ0n) is 22.7. The second-order valence-electron chi connectivity index (χ2n) is 11.1. The third kappa shape index (κ3) is 8.45. The van der Waals surface area contributed by atoms with E-state index < -0.39 is 17.5 Å². The highest BCUT2D eigenvalue weighted by atomic mass is 35.5. The highest BCUT2D eigenvalue weighted by Gasteiger charge is 2.42. The van der Waals surface area contributed by atoms with E-state index in [2.05, 4.69) is 10.6 Å². The normalized spacial score (nSPS) is 21.0. The molecule has 2 aliphatic rings. The van der Waals surface area contributed by atoms with Gasteiger partial charge in [-0.25, -0.2) is 14.0 Å². The van der Waals surface area contributed by atoms with Gasteiger partial charge < -0.3 is 30.6 Å². The van der Waals surface area contributed by atoms with E-state index in [-0.39, 0.29) is 36.0 Å². The van der Waals surface area contributed by atoms with Crippen molar-refractivity contribution in [1.29, 1.82) is 0 Å². The van der Waals surface area contributed by atoms with Crippen molar-refractivity contribution in [1.82, 2.24) is 20.4 Å². The summed E-state index contributed by atoms with van der Waals surface area (Å²) in [7, 11) is 3.37. The number of carbonyl (C=O) groups excluding carboxylic acids is 1. The Morgan fingerprint density at radius 2 is 1.95 bits per heavy atom. The average Bonchev–Trinajstić information content (AvgIpc) is 2.88. The lowest BCUT2D eigenvalue weighted by molar-refractivity contribution is -0.0564. The second-order valence-corrected chi connectivity index (χ2v) is 11.6. The maximum Gasteiger partial charge on any atom is 0.407 e. The SMILES string of the molecule is CNC[C@H](CC1CCCCC1)NC(=O)N1CCC[C@@H]([C@@](O)(CCCN(C)C(=O)O)c2cc(F)cc(Cl)c2)C1. The van der Waals surface area contributed by atoms with E-state index in [0.29, 0.717) is 50.4 Å². The molecule has 1 heterocycles. The number of aliphatic hydroxyl groups is 1. The number of carbonyl (C=O) groups is 2. The van der Waals surface area contributed by atoms with Crippen molar-refractivity contribution in [3.8, 4) is 0 Å². The molecule has 214 valence electrons. The summed E-state index contributed by atoms with van der Waals surface area (Å²) < 4.78 is 14.3. The Bertz CT molecular complexity index is 912. The number of urea groups is 1. The van der Waals surface area contributed by atoms with Crippen LogP contribution in [0.15, 0.2) is 18.2 Å². The zero-order valence-corrected chi connectivity index (χ0v) is 23.5. The Hall–Kier alpha value is -2.10. The van der Waals surface area contributed by atoms with E-state index in [1.807, 2.05) is 7.05 Å².